The van der Waals surface area contributed by atoms with Crippen molar-refractivity contribution < 1.29 is 4.79 Å². The lowest BCUT2D eigenvalue weighted by Gasteiger charge is -2.17. The Labute approximate surface area is 133 Å². The normalized spacial score (nSPS) is 10.5. The van der Waals surface area contributed by atoms with Gasteiger partial charge in [0.2, 0.25) is 0 Å². The minimum absolute atomic E-state index is 0.0258. The maximum Gasteiger partial charge on any atom is 0.255 e. The Morgan fingerprint density at radius 1 is 1.32 bits per heavy atom. The first-order valence-electron chi connectivity index (χ1n) is 5.72. The van der Waals surface area contributed by atoms with Gasteiger partial charge in [-0.1, -0.05) is 11.6 Å². The van der Waals surface area contributed by atoms with Gasteiger partial charge in [-0.3, -0.25) is 4.79 Å². The SMILES string of the molecule is Cc1ccc(Br)c(C(=O)N(C)Cc2csc(Br)c2)c1. The molecule has 0 aliphatic carbocycles. The van der Waals surface area contributed by atoms with Crippen molar-refractivity contribution in [1.82, 2.24) is 4.90 Å². The number of carbonyl (C=O) groups excluding carboxylic acids is 1. The Kier molecular flexibility index (Phi) is 4.81. The minimum atomic E-state index is 0.0258. The van der Waals surface area contributed by atoms with E-state index in [0.29, 0.717) is 12.1 Å². The first kappa shape index (κ1) is 14.8. The van der Waals surface area contributed by atoms with Gasteiger partial charge in [-0.2, -0.15) is 0 Å². The van der Waals surface area contributed by atoms with Crippen LogP contribution in [0, 0.1) is 6.92 Å². The van der Waals surface area contributed by atoms with Crippen LogP contribution in [0.2, 0.25) is 0 Å². The molecular weight excluding hydrogens is 390 g/mol. The van der Waals surface area contributed by atoms with Crippen LogP contribution in [0.1, 0.15) is 21.5 Å². The first-order valence-corrected chi connectivity index (χ1v) is 8.18. The highest BCUT2D eigenvalue weighted by Gasteiger charge is 2.15. The molecule has 19 heavy (non-hydrogen) atoms. The fraction of sp³-hybridized carbons (Fsp3) is 0.214. The molecule has 100 valence electrons. The van der Waals surface area contributed by atoms with Crippen LogP contribution in [0.3, 0.4) is 0 Å². The smallest absolute Gasteiger partial charge is 0.255 e. The van der Waals surface area contributed by atoms with Crippen molar-refractivity contribution in [2.75, 3.05) is 7.05 Å². The van der Waals surface area contributed by atoms with E-state index in [4.69, 9.17) is 0 Å². The number of hydrogen-bond acceptors (Lipinski definition) is 2. The molecule has 0 radical (unpaired) electrons. The second kappa shape index (κ2) is 6.20. The van der Waals surface area contributed by atoms with Crippen LogP contribution in [-0.4, -0.2) is 17.9 Å². The molecule has 1 amide bonds. The third-order valence-corrected chi connectivity index (χ3v) is 4.99. The van der Waals surface area contributed by atoms with E-state index in [0.717, 1.165) is 19.4 Å². The Bertz CT molecular complexity index is 609. The lowest BCUT2D eigenvalue weighted by atomic mass is 10.1. The molecule has 0 saturated heterocycles. The number of halogens is 2. The monoisotopic (exact) mass is 401 g/mol. The van der Waals surface area contributed by atoms with Gasteiger partial charge >= 0.3 is 0 Å². The van der Waals surface area contributed by atoms with Crippen molar-refractivity contribution in [1.29, 1.82) is 0 Å². The van der Waals surface area contributed by atoms with Crippen LogP contribution in [0.4, 0.5) is 0 Å². The van der Waals surface area contributed by atoms with E-state index in [1.807, 2.05) is 38.2 Å². The van der Waals surface area contributed by atoms with Crippen LogP contribution in [0.15, 0.2) is 37.9 Å². The zero-order valence-corrected chi connectivity index (χ0v) is 14.6. The first-order chi connectivity index (χ1) is 8.97. The molecule has 0 aliphatic rings. The van der Waals surface area contributed by atoms with Gasteiger partial charge in [0.25, 0.3) is 5.91 Å². The molecule has 0 saturated carbocycles. The number of carbonyl (C=O) groups is 1. The Hall–Kier alpha value is -0.650. The highest BCUT2D eigenvalue weighted by atomic mass is 79.9. The number of rotatable bonds is 3. The van der Waals surface area contributed by atoms with Gasteiger partial charge in [0, 0.05) is 18.1 Å². The number of nitrogens with zero attached hydrogens (tertiary/aromatic N) is 1. The van der Waals surface area contributed by atoms with Crippen molar-refractivity contribution in [2.24, 2.45) is 0 Å². The molecule has 0 fully saturated rings. The van der Waals surface area contributed by atoms with E-state index in [2.05, 4.69) is 37.2 Å². The molecule has 1 heterocycles. The van der Waals surface area contributed by atoms with Crippen LogP contribution < -0.4 is 0 Å². The van der Waals surface area contributed by atoms with Gasteiger partial charge in [0.15, 0.2) is 0 Å². The topological polar surface area (TPSA) is 20.3 Å². The summed E-state index contributed by atoms with van der Waals surface area (Å²) in [7, 11) is 1.82. The molecule has 1 aromatic heterocycles. The van der Waals surface area contributed by atoms with E-state index in [1.54, 1.807) is 16.2 Å². The molecule has 5 heteroatoms. The number of hydrogen-bond donors (Lipinski definition) is 0. The molecule has 0 aliphatic heterocycles. The average Bonchev–Trinajstić information content (AvgIpc) is 2.77. The van der Waals surface area contributed by atoms with E-state index in [-0.39, 0.29) is 5.91 Å². The van der Waals surface area contributed by atoms with Crippen molar-refractivity contribution in [3.05, 3.63) is 54.6 Å². The second-order valence-corrected chi connectivity index (χ2v) is 7.55. The Morgan fingerprint density at radius 2 is 2.05 bits per heavy atom. The lowest BCUT2D eigenvalue weighted by Crippen LogP contribution is -2.26. The third kappa shape index (κ3) is 3.68. The summed E-state index contributed by atoms with van der Waals surface area (Å²) in [5, 5.41) is 2.05. The van der Waals surface area contributed by atoms with Gasteiger partial charge < -0.3 is 4.90 Å². The average molecular weight is 403 g/mol. The lowest BCUT2D eigenvalue weighted by molar-refractivity contribution is 0.0784. The Balaban J connectivity index is 2.16. The molecule has 2 rings (SSSR count). The van der Waals surface area contributed by atoms with E-state index in [1.165, 1.54) is 0 Å². The number of thiophene rings is 1. The van der Waals surface area contributed by atoms with Gasteiger partial charge in [-0.05, 0) is 67.9 Å². The van der Waals surface area contributed by atoms with Gasteiger partial charge in [-0.25, -0.2) is 0 Å². The van der Waals surface area contributed by atoms with Gasteiger partial charge in [0.05, 0.1) is 9.35 Å². The molecule has 2 aromatic rings. The van der Waals surface area contributed by atoms with Gasteiger partial charge in [-0.15, -0.1) is 11.3 Å². The summed E-state index contributed by atoms with van der Waals surface area (Å²) in [5.41, 5.74) is 2.92. The fourth-order valence-corrected chi connectivity index (χ4v) is 3.40. The zero-order valence-electron chi connectivity index (χ0n) is 10.6. The number of aryl methyl sites for hydroxylation is 1. The number of benzene rings is 1. The van der Waals surface area contributed by atoms with Crippen LogP contribution in [-0.2, 0) is 6.54 Å². The van der Waals surface area contributed by atoms with Gasteiger partial charge in [0.1, 0.15) is 0 Å². The summed E-state index contributed by atoms with van der Waals surface area (Å²) < 4.78 is 1.92. The number of amides is 1. The molecule has 2 nitrogen and oxygen atoms in total. The highest BCUT2D eigenvalue weighted by molar-refractivity contribution is 9.11. The zero-order chi connectivity index (χ0) is 14.0. The molecule has 0 atom stereocenters. The minimum Gasteiger partial charge on any atom is -0.337 e. The van der Waals surface area contributed by atoms with Crippen molar-refractivity contribution in [3.8, 4) is 0 Å². The molecule has 0 spiro atoms. The molecule has 0 bridgehead atoms. The summed E-state index contributed by atoms with van der Waals surface area (Å²) in [6.45, 7) is 2.60. The second-order valence-electron chi connectivity index (χ2n) is 4.40. The standard InChI is InChI=1S/C14H13Br2NOS/c1-9-3-4-12(15)11(5-9)14(18)17(2)7-10-6-13(16)19-8-10/h3-6,8H,7H2,1-2H3. The van der Waals surface area contributed by atoms with Crippen molar-refractivity contribution in [2.45, 2.75) is 13.5 Å². The predicted octanol–water partition coefficient (Wildman–Crippen LogP) is 4.85. The van der Waals surface area contributed by atoms with Crippen LogP contribution in [0.5, 0.6) is 0 Å². The van der Waals surface area contributed by atoms with Crippen LogP contribution in [0.25, 0.3) is 0 Å². The summed E-state index contributed by atoms with van der Waals surface area (Å²) in [6, 6.07) is 7.85. The van der Waals surface area contributed by atoms with Crippen LogP contribution >= 0.6 is 43.2 Å². The summed E-state index contributed by atoms with van der Waals surface area (Å²) in [6.07, 6.45) is 0. The van der Waals surface area contributed by atoms with Crippen molar-refractivity contribution in [3.63, 3.8) is 0 Å². The van der Waals surface area contributed by atoms with E-state index in [9.17, 15) is 4.79 Å². The molecule has 1 aromatic carbocycles. The molecule has 0 N–H and O–H groups in total. The summed E-state index contributed by atoms with van der Waals surface area (Å²) in [5.74, 6) is 0.0258. The third-order valence-electron chi connectivity index (χ3n) is 2.74. The fourth-order valence-electron chi connectivity index (χ4n) is 1.78. The largest absolute Gasteiger partial charge is 0.337 e. The maximum atomic E-state index is 12.4. The predicted molar refractivity (Wildman–Crippen MR) is 86.7 cm³/mol. The highest BCUT2D eigenvalue weighted by Crippen LogP contribution is 2.23. The maximum absolute atomic E-state index is 12.4. The van der Waals surface area contributed by atoms with Crippen molar-refractivity contribution >= 4 is 49.1 Å². The summed E-state index contributed by atoms with van der Waals surface area (Å²) in [4.78, 5) is 14.1. The quantitative estimate of drug-likeness (QED) is 0.718. The Morgan fingerprint density at radius 3 is 2.68 bits per heavy atom. The van der Waals surface area contributed by atoms with E-state index < -0.39 is 0 Å². The summed E-state index contributed by atoms with van der Waals surface area (Å²) >= 11 is 8.50. The van der Waals surface area contributed by atoms with E-state index >= 15 is 0 Å². The molecule has 0 unspecified atom stereocenters. The molecular formula is C14H13Br2NOS.